The molecule has 4 heteroatoms. The van der Waals surface area contributed by atoms with Crippen molar-refractivity contribution in [3.8, 4) is 11.5 Å². The fourth-order valence-corrected chi connectivity index (χ4v) is 2.67. The maximum Gasteiger partial charge on any atom is 0.162 e. The van der Waals surface area contributed by atoms with Gasteiger partial charge in [-0.25, -0.2) is 0 Å². The van der Waals surface area contributed by atoms with Crippen LogP contribution in [0, 0.1) is 0 Å². The molecular formula is C18H20N2O2. The minimum Gasteiger partial charge on any atom is -0.493 e. The quantitative estimate of drug-likeness (QED) is 0.837. The second kappa shape index (κ2) is 7.07. The summed E-state index contributed by atoms with van der Waals surface area (Å²) in [4.78, 5) is 0. The predicted octanol–water partition coefficient (Wildman–Crippen LogP) is 3.98. The lowest BCUT2D eigenvalue weighted by molar-refractivity contribution is 0.201. The van der Waals surface area contributed by atoms with Crippen LogP contribution in [0.4, 0.5) is 0 Å². The molecule has 0 N–H and O–H groups in total. The van der Waals surface area contributed by atoms with Crippen LogP contribution in [0.1, 0.15) is 36.8 Å². The molecule has 2 aromatic rings. The molecule has 1 aromatic carbocycles. The van der Waals surface area contributed by atoms with Crippen molar-refractivity contribution in [3.63, 3.8) is 0 Å². The van der Waals surface area contributed by atoms with E-state index in [0.717, 1.165) is 35.5 Å². The van der Waals surface area contributed by atoms with Crippen molar-refractivity contribution >= 4 is 12.2 Å². The molecule has 0 spiro atoms. The summed E-state index contributed by atoms with van der Waals surface area (Å²) >= 11 is 0. The SMILES string of the molecule is COc1ccc(/C=C/c2ccnnc2)cc1OC1CCCC1. The number of hydrogen-bond donors (Lipinski definition) is 0. The van der Waals surface area contributed by atoms with Crippen LogP contribution >= 0.6 is 0 Å². The van der Waals surface area contributed by atoms with Gasteiger partial charge in [0.2, 0.25) is 0 Å². The van der Waals surface area contributed by atoms with Gasteiger partial charge in [-0.2, -0.15) is 10.2 Å². The standard InChI is InChI=1S/C18H20N2O2/c1-21-17-9-8-14(6-7-15-10-11-19-20-13-15)12-18(17)22-16-4-2-3-5-16/h6-13,16H,2-5H2,1H3/b7-6+. The summed E-state index contributed by atoms with van der Waals surface area (Å²) < 4.78 is 11.5. The van der Waals surface area contributed by atoms with E-state index in [9.17, 15) is 0 Å². The lowest BCUT2D eigenvalue weighted by atomic mass is 10.1. The van der Waals surface area contributed by atoms with Crippen molar-refractivity contribution in [1.82, 2.24) is 10.2 Å². The van der Waals surface area contributed by atoms with Gasteiger partial charge in [-0.1, -0.05) is 18.2 Å². The third-order valence-corrected chi connectivity index (χ3v) is 3.86. The predicted molar refractivity (Wildman–Crippen MR) is 86.8 cm³/mol. The summed E-state index contributed by atoms with van der Waals surface area (Å²) in [5.41, 5.74) is 2.09. The molecule has 1 aliphatic rings. The number of ether oxygens (including phenoxy) is 2. The Balaban J connectivity index is 1.78. The zero-order chi connectivity index (χ0) is 15.2. The summed E-state index contributed by atoms with van der Waals surface area (Å²) in [6, 6.07) is 7.92. The average molecular weight is 296 g/mol. The Morgan fingerprint density at radius 3 is 2.55 bits per heavy atom. The van der Waals surface area contributed by atoms with E-state index in [-0.39, 0.29) is 0 Å². The molecule has 1 heterocycles. The molecule has 0 radical (unpaired) electrons. The molecule has 4 nitrogen and oxygen atoms in total. The largest absolute Gasteiger partial charge is 0.493 e. The van der Waals surface area contributed by atoms with Crippen LogP contribution in [0.2, 0.25) is 0 Å². The molecule has 0 aliphatic heterocycles. The number of aromatic nitrogens is 2. The number of nitrogens with zero attached hydrogens (tertiary/aromatic N) is 2. The van der Waals surface area contributed by atoms with Crippen LogP contribution in [0.25, 0.3) is 12.2 Å². The summed E-state index contributed by atoms with van der Waals surface area (Å²) in [7, 11) is 1.68. The molecular weight excluding hydrogens is 276 g/mol. The first-order chi connectivity index (χ1) is 10.8. The minimum atomic E-state index is 0.317. The zero-order valence-electron chi connectivity index (χ0n) is 12.7. The van der Waals surface area contributed by atoms with Crippen molar-refractivity contribution in [2.75, 3.05) is 7.11 Å². The Morgan fingerprint density at radius 2 is 1.82 bits per heavy atom. The summed E-state index contributed by atoms with van der Waals surface area (Å²) in [5.74, 6) is 1.61. The molecule has 1 aromatic heterocycles. The van der Waals surface area contributed by atoms with Crippen LogP contribution < -0.4 is 9.47 Å². The van der Waals surface area contributed by atoms with E-state index >= 15 is 0 Å². The van der Waals surface area contributed by atoms with Gasteiger partial charge in [-0.15, -0.1) is 0 Å². The van der Waals surface area contributed by atoms with E-state index in [1.54, 1.807) is 19.5 Å². The Bertz CT molecular complexity index is 635. The molecule has 0 bridgehead atoms. The van der Waals surface area contributed by atoms with Crippen LogP contribution in [-0.4, -0.2) is 23.4 Å². The Hall–Kier alpha value is -2.36. The molecule has 0 atom stereocenters. The van der Waals surface area contributed by atoms with Gasteiger partial charge >= 0.3 is 0 Å². The third-order valence-electron chi connectivity index (χ3n) is 3.86. The summed E-state index contributed by atoms with van der Waals surface area (Å²) in [6.07, 6.45) is 12.5. The Labute approximate surface area is 130 Å². The van der Waals surface area contributed by atoms with Crippen LogP contribution in [0.3, 0.4) is 0 Å². The fourth-order valence-electron chi connectivity index (χ4n) is 2.67. The fraction of sp³-hybridized carbons (Fsp3) is 0.333. The van der Waals surface area contributed by atoms with Crippen LogP contribution in [0.5, 0.6) is 11.5 Å². The van der Waals surface area contributed by atoms with E-state index in [4.69, 9.17) is 9.47 Å². The molecule has 1 fully saturated rings. The summed E-state index contributed by atoms with van der Waals surface area (Å²) in [5, 5.41) is 7.64. The van der Waals surface area contributed by atoms with Gasteiger partial charge < -0.3 is 9.47 Å². The molecule has 114 valence electrons. The lowest BCUT2D eigenvalue weighted by Crippen LogP contribution is -2.11. The highest BCUT2D eigenvalue weighted by Crippen LogP contribution is 2.32. The van der Waals surface area contributed by atoms with Gasteiger partial charge in [0.25, 0.3) is 0 Å². The Kier molecular flexibility index (Phi) is 4.68. The maximum atomic E-state index is 6.11. The highest BCUT2D eigenvalue weighted by Gasteiger charge is 2.18. The van der Waals surface area contributed by atoms with Gasteiger partial charge in [0.05, 0.1) is 25.6 Å². The second-order valence-electron chi connectivity index (χ2n) is 5.44. The van der Waals surface area contributed by atoms with Gasteiger partial charge in [-0.05, 0) is 55.0 Å². The molecule has 0 unspecified atom stereocenters. The number of benzene rings is 1. The van der Waals surface area contributed by atoms with Crippen LogP contribution in [-0.2, 0) is 0 Å². The van der Waals surface area contributed by atoms with Crippen molar-refractivity contribution in [2.24, 2.45) is 0 Å². The first-order valence-corrected chi connectivity index (χ1v) is 7.64. The molecule has 22 heavy (non-hydrogen) atoms. The minimum absolute atomic E-state index is 0.317. The molecule has 1 aliphatic carbocycles. The zero-order valence-corrected chi connectivity index (χ0v) is 12.7. The average Bonchev–Trinajstić information content (AvgIpc) is 3.07. The van der Waals surface area contributed by atoms with Gasteiger partial charge in [0.15, 0.2) is 11.5 Å². The van der Waals surface area contributed by atoms with E-state index in [2.05, 4.69) is 10.2 Å². The van der Waals surface area contributed by atoms with E-state index in [1.807, 2.05) is 36.4 Å². The van der Waals surface area contributed by atoms with Gasteiger partial charge in [0.1, 0.15) is 0 Å². The smallest absolute Gasteiger partial charge is 0.162 e. The van der Waals surface area contributed by atoms with Crippen molar-refractivity contribution < 1.29 is 9.47 Å². The topological polar surface area (TPSA) is 44.2 Å². The van der Waals surface area contributed by atoms with Crippen molar-refractivity contribution in [3.05, 3.63) is 47.8 Å². The second-order valence-corrected chi connectivity index (χ2v) is 5.44. The van der Waals surface area contributed by atoms with E-state index in [0.29, 0.717) is 6.10 Å². The third kappa shape index (κ3) is 3.64. The van der Waals surface area contributed by atoms with Crippen molar-refractivity contribution in [1.29, 1.82) is 0 Å². The van der Waals surface area contributed by atoms with Crippen molar-refractivity contribution in [2.45, 2.75) is 31.8 Å². The molecule has 1 saturated carbocycles. The first-order valence-electron chi connectivity index (χ1n) is 7.64. The summed E-state index contributed by atoms with van der Waals surface area (Å²) in [6.45, 7) is 0. The first kappa shape index (κ1) is 14.6. The number of methoxy groups -OCH3 is 1. The highest BCUT2D eigenvalue weighted by atomic mass is 16.5. The van der Waals surface area contributed by atoms with E-state index in [1.165, 1.54) is 12.8 Å². The molecule has 3 rings (SSSR count). The normalized spacial score (nSPS) is 15.3. The highest BCUT2D eigenvalue weighted by molar-refractivity contribution is 5.70. The number of rotatable bonds is 5. The van der Waals surface area contributed by atoms with Crippen LogP contribution in [0.15, 0.2) is 36.7 Å². The maximum absolute atomic E-state index is 6.11. The van der Waals surface area contributed by atoms with Gasteiger partial charge in [0, 0.05) is 0 Å². The molecule has 0 amide bonds. The number of hydrogen-bond acceptors (Lipinski definition) is 4. The van der Waals surface area contributed by atoms with Gasteiger partial charge in [-0.3, -0.25) is 0 Å². The van der Waals surface area contributed by atoms with E-state index < -0.39 is 0 Å². The Morgan fingerprint density at radius 1 is 1.00 bits per heavy atom. The monoisotopic (exact) mass is 296 g/mol. The molecule has 0 saturated heterocycles. The lowest BCUT2D eigenvalue weighted by Gasteiger charge is -2.16.